The van der Waals surface area contributed by atoms with E-state index in [1.807, 2.05) is 32.6 Å². The minimum Gasteiger partial charge on any atom is -0.481 e. The van der Waals surface area contributed by atoms with Gasteiger partial charge in [0.15, 0.2) is 11.6 Å². The summed E-state index contributed by atoms with van der Waals surface area (Å²) < 4.78 is 0. The average Bonchev–Trinajstić information content (AvgIpc) is 3.37. The van der Waals surface area contributed by atoms with Crippen LogP contribution in [0.15, 0.2) is 0 Å². The summed E-state index contributed by atoms with van der Waals surface area (Å²) in [5.41, 5.74) is 9.00. The van der Waals surface area contributed by atoms with Crippen LogP contribution in [0.2, 0.25) is 0 Å². The molecule has 0 spiro atoms. The molecular formula is C45H98N10O10P2S6. The van der Waals surface area contributed by atoms with E-state index in [2.05, 4.69) is 76.6 Å². The highest BCUT2D eigenvalue weighted by Gasteiger charge is 2.29. The first-order valence-corrected chi connectivity index (χ1v) is 31.9. The lowest BCUT2D eigenvalue weighted by Gasteiger charge is -2.27. The van der Waals surface area contributed by atoms with E-state index >= 15 is 0 Å². The van der Waals surface area contributed by atoms with Crippen molar-refractivity contribution in [2.45, 2.75) is 116 Å². The van der Waals surface area contributed by atoms with Gasteiger partial charge in [0.05, 0.1) is 36.5 Å². The van der Waals surface area contributed by atoms with E-state index in [1.54, 1.807) is 87.7 Å². The monoisotopic (exact) mass is 1190 g/mol. The molecule has 73 heavy (non-hydrogen) atoms. The van der Waals surface area contributed by atoms with Gasteiger partial charge < -0.3 is 52.7 Å². The Hall–Kier alpha value is -2.06. The Kier molecular flexibility index (Phi) is 107. The molecule has 4 amide bonds. The number of unbranched alkanes of at least 4 members (excludes halogenated alkanes) is 4. The number of nitrogens with zero attached hydrogens (tertiary/aromatic N) is 4. The molecule has 0 aromatic heterocycles. The van der Waals surface area contributed by atoms with Gasteiger partial charge in [0, 0.05) is 67.7 Å². The van der Waals surface area contributed by atoms with Gasteiger partial charge in [0.25, 0.3) is 11.9 Å². The fourth-order valence-electron chi connectivity index (χ4n) is 4.67. The molecule has 434 valence electrons. The molecule has 4 atom stereocenters. The zero-order chi connectivity index (χ0) is 59.4. The second-order valence-corrected chi connectivity index (χ2v) is 20.7. The number of carboxylic acids is 2. The number of rotatable bonds is 29. The molecule has 0 heterocycles. The molecule has 0 saturated heterocycles. The van der Waals surface area contributed by atoms with Crippen molar-refractivity contribution in [3.8, 4) is 11.6 Å². The maximum Gasteiger partial charge on any atom is 0.300 e. The van der Waals surface area contributed by atoms with Gasteiger partial charge in [-0.05, 0) is 141 Å². The highest BCUT2D eigenvalue weighted by Crippen LogP contribution is 2.14. The zero-order valence-corrected chi connectivity index (χ0v) is 53.9. The fourth-order valence-corrected chi connectivity index (χ4v) is 5.38. The van der Waals surface area contributed by atoms with Crippen LogP contribution < -0.4 is 32.7 Å². The van der Waals surface area contributed by atoms with E-state index in [0.29, 0.717) is 38.5 Å². The van der Waals surface area contributed by atoms with Crippen LogP contribution in [0.5, 0.6) is 0 Å². The maximum absolute atomic E-state index is 12.4. The highest BCUT2D eigenvalue weighted by molar-refractivity contribution is 8.76. The number of hydrogen-bond acceptors (Lipinski definition) is 20. The normalized spacial score (nSPS) is 9.51. The number of carbonyl (C=O) groups is 8. The molecule has 0 aromatic carbocycles. The summed E-state index contributed by atoms with van der Waals surface area (Å²) in [4.78, 5) is 93.7. The number of Topliss-reactive ketones (excluding diaryl/α,β-unsaturated/α-hetero) is 2. The van der Waals surface area contributed by atoms with Gasteiger partial charge in [-0.1, -0.05) is 56.0 Å². The van der Waals surface area contributed by atoms with Crippen molar-refractivity contribution in [3.05, 3.63) is 0 Å². The van der Waals surface area contributed by atoms with E-state index in [1.165, 1.54) is 30.9 Å². The molecule has 0 aliphatic rings. The smallest absolute Gasteiger partial charge is 0.300 e. The number of thiol groups is 1. The SMILES string of the molecule is CC(=O)O.CC(=O)O.CN.CN.CNCCCC(=O)[C@H](CC(=O)NC)N(C)C(=O)CCCCCS.CNCCCC(=O)[C@H](CC(=O)NC)N(C)C(=O)CCCCCSC.CSSC.CSSC.N#CP.N#CP. The van der Waals surface area contributed by atoms with Gasteiger partial charge in [0.2, 0.25) is 23.6 Å². The number of likely N-dealkylation sites (N-methyl/N-ethyl adjacent to an activating group) is 2. The molecule has 0 aromatic rings. The number of hydrogen-bond donors (Lipinski definition) is 9. The molecule has 0 rings (SSSR count). The zero-order valence-electron chi connectivity index (χ0n) is 46.6. The van der Waals surface area contributed by atoms with Crippen LogP contribution in [-0.4, -0.2) is 191 Å². The summed E-state index contributed by atoms with van der Waals surface area (Å²) in [5.74, 6) is 2.88. The summed E-state index contributed by atoms with van der Waals surface area (Å²) in [6, 6.07) is -1.34. The van der Waals surface area contributed by atoms with Crippen LogP contribution in [0, 0.1) is 22.1 Å². The third kappa shape index (κ3) is 92.9. The Bertz CT molecular complexity index is 1340. The number of carbonyl (C=O) groups excluding carboxylic acids is 6. The molecular weight excluding hydrogens is 1090 g/mol. The van der Waals surface area contributed by atoms with Crippen molar-refractivity contribution in [1.82, 2.24) is 31.1 Å². The lowest BCUT2D eigenvalue weighted by molar-refractivity contribution is -0.140. The number of carboxylic acid groups (broad SMARTS) is 2. The van der Waals surface area contributed by atoms with Gasteiger partial charge in [-0.3, -0.25) is 38.4 Å². The van der Waals surface area contributed by atoms with Gasteiger partial charge in [-0.25, -0.2) is 0 Å². The Morgan fingerprint density at radius 1 is 0.562 bits per heavy atom. The standard InChI is InChI=1S/C17H33N3O3S.C16H31N3O3S.2C2H4O2.2C2H6S2.2CH2NP.2CH5N/c1-18-11-8-9-15(21)14(13-16(22)19-2)20(3)17(23)10-6-5-7-12-24-4;1-17-10-7-8-14(20)13(12-15(21)18-2)19(3)16(22)9-5-4-6-11-23;2*1-2(3)4;2*1-3-4-2;2*2-1-3;2*1-2/h14,18H,5-13H2,1-4H3,(H,19,22);13,17,23H,4-12H2,1-3H3,(H,18,21);2*1H3,(H,3,4);2*1-2H3;2*3H2;2*2H2,1H3/t14-;13-;;;;;;;;/m00......../s1. The number of aliphatic carboxylic acids is 2. The van der Waals surface area contributed by atoms with Crippen molar-refractivity contribution in [2.75, 3.05) is 112 Å². The van der Waals surface area contributed by atoms with E-state index in [-0.39, 0.29) is 48.0 Å². The maximum atomic E-state index is 12.4. The van der Waals surface area contributed by atoms with Crippen LogP contribution in [0.1, 0.15) is 104 Å². The Balaban J connectivity index is -0.0000000920. The minimum atomic E-state index is -0.833. The van der Waals surface area contributed by atoms with E-state index in [0.717, 1.165) is 77.0 Å². The summed E-state index contributed by atoms with van der Waals surface area (Å²) in [5, 5.41) is 40.4. The van der Waals surface area contributed by atoms with Crippen LogP contribution in [0.4, 0.5) is 0 Å². The average molecular weight is 1190 g/mol. The second kappa shape index (κ2) is 83.9. The first-order valence-electron chi connectivity index (χ1n) is 22.8. The third-order valence-corrected chi connectivity index (χ3v) is 11.8. The number of nitrogens with one attached hydrogen (secondary N) is 4. The van der Waals surface area contributed by atoms with E-state index < -0.39 is 24.0 Å². The van der Waals surface area contributed by atoms with E-state index in [4.69, 9.17) is 30.3 Å². The number of ketones is 2. The lowest BCUT2D eigenvalue weighted by Crippen LogP contribution is -2.45. The summed E-state index contributed by atoms with van der Waals surface area (Å²) in [7, 11) is 23.8. The van der Waals surface area contributed by atoms with Gasteiger partial charge >= 0.3 is 0 Å². The van der Waals surface area contributed by atoms with E-state index in [9.17, 15) is 28.8 Å². The molecule has 0 saturated carbocycles. The predicted molar refractivity (Wildman–Crippen MR) is 328 cm³/mol. The number of amides is 4. The van der Waals surface area contributed by atoms with Crippen molar-refractivity contribution >= 4 is 133 Å². The summed E-state index contributed by atoms with van der Waals surface area (Å²) in [6.07, 6.45) is 19.0. The lowest BCUT2D eigenvalue weighted by atomic mass is 10.0. The third-order valence-electron chi connectivity index (χ3n) is 8.10. The Morgan fingerprint density at radius 3 is 1.05 bits per heavy atom. The molecule has 0 radical (unpaired) electrons. The first kappa shape index (κ1) is 93.4. The van der Waals surface area contributed by atoms with Crippen molar-refractivity contribution < 1.29 is 48.6 Å². The van der Waals surface area contributed by atoms with Crippen molar-refractivity contribution in [1.29, 1.82) is 10.5 Å². The van der Waals surface area contributed by atoms with Crippen LogP contribution in [0.3, 0.4) is 0 Å². The number of nitrogens with two attached hydrogens (primary N) is 2. The highest BCUT2D eigenvalue weighted by atomic mass is 33.1. The molecule has 10 N–H and O–H groups in total. The molecule has 28 heteroatoms. The van der Waals surface area contributed by atoms with Crippen molar-refractivity contribution in [3.63, 3.8) is 0 Å². The molecule has 0 aliphatic carbocycles. The second-order valence-electron chi connectivity index (χ2n) is 13.4. The quantitative estimate of drug-likeness (QED) is 0.0187. The first-order chi connectivity index (χ1) is 34.6. The van der Waals surface area contributed by atoms with Crippen molar-refractivity contribution in [2.24, 2.45) is 11.5 Å². The largest absolute Gasteiger partial charge is 0.481 e. The summed E-state index contributed by atoms with van der Waals surface area (Å²) >= 11 is 5.95. The summed E-state index contributed by atoms with van der Waals surface area (Å²) in [6.45, 7) is 3.64. The van der Waals surface area contributed by atoms with Gasteiger partial charge in [-0.15, -0.1) is 0 Å². The van der Waals surface area contributed by atoms with Crippen LogP contribution >= 0.6 is 86.0 Å². The molecule has 0 aliphatic heterocycles. The molecule has 0 bridgehead atoms. The molecule has 20 nitrogen and oxygen atoms in total. The van der Waals surface area contributed by atoms with Crippen LogP contribution in [-0.2, 0) is 38.4 Å². The Labute approximate surface area is 471 Å². The number of nitriles is 2. The topological polar surface area (TPSA) is 331 Å². The molecule has 0 fully saturated rings. The minimum absolute atomic E-state index is 0.0216. The molecule has 2 unspecified atom stereocenters. The van der Waals surface area contributed by atoms with Crippen LogP contribution in [0.25, 0.3) is 0 Å². The predicted octanol–water partition coefficient (Wildman–Crippen LogP) is 5.72. The number of thioether (sulfide) groups is 1. The fraction of sp³-hybridized carbons (Fsp3) is 0.778. The van der Waals surface area contributed by atoms with Gasteiger partial charge in [0.1, 0.15) is 0 Å². The van der Waals surface area contributed by atoms with Gasteiger partial charge in [-0.2, -0.15) is 34.9 Å². The Morgan fingerprint density at radius 2 is 0.836 bits per heavy atom.